The van der Waals surface area contributed by atoms with Crippen LogP contribution < -0.4 is 5.43 Å². The van der Waals surface area contributed by atoms with E-state index in [4.69, 9.17) is 0 Å². The summed E-state index contributed by atoms with van der Waals surface area (Å²) in [6.07, 6.45) is 0. The number of hydrazone groups is 1. The van der Waals surface area contributed by atoms with E-state index in [-0.39, 0.29) is 11.7 Å². The quantitative estimate of drug-likeness (QED) is 0.572. The Bertz CT molecular complexity index is 883. The summed E-state index contributed by atoms with van der Waals surface area (Å²) in [6, 6.07) is 20.1. The molecule has 3 aromatic rings. The molecule has 3 aromatic carbocycles. The van der Waals surface area contributed by atoms with Gasteiger partial charge in [-0.3, -0.25) is 4.79 Å². The zero-order chi connectivity index (χ0) is 16.2. The molecule has 0 aromatic heterocycles. The van der Waals surface area contributed by atoms with Gasteiger partial charge in [0.05, 0.1) is 5.71 Å². The molecule has 0 fully saturated rings. The number of nitrogens with zero attached hydrogens (tertiary/aromatic N) is 1. The topological polar surface area (TPSA) is 61.7 Å². The van der Waals surface area contributed by atoms with E-state index < -0.39 is 0 Å². The summed E-state index contributed by atoms with van der Waals surface area (Å²) in [5.41, 5.74) is 4.62. The van der Waals surface area contributed by atoms with Gasteiger partial charge < -0.3 is 5.11 Å². The highest BCUT2D eigenvalue weighted by molar-refractivity contribution is 6.02. The molecule has 0 unspecified atom stereocenters. The summed E-state index contributed by atoms with van der Waals surface area (Å²) >= 11 is 0. The van der Waals surface area contributed by atoms with E-state index in [0.717, 1.165) is 16.3 Å². The van der Waals surface area contributed by atoms with Crippen molar-refractivity contribution in [1.29, 1.82) is 0 Å². The van der Waals surface area contributed by atoms with E-state index in [0.29, 0.717) is 11.3 Å². The van der Waals surface area contributed by atoms with Crippen LogP contribution in [0.4, 0.5) is 0 Å². The molecule has 114 valence electrons. The van der Waals surface area contributed by atoms with Gasteiger partial charge in [0.1, 0.15) is 5.75 Å². The van der Waals surface area contributed by atoms with E-state index in [1.807, 2.05) is 36.4 Å². The van der Waals surface area contributed by atoms with Gasteiger partial charge in [0.2, 0.25) is 0 Å². The highest BCUT2D eigenvalue weighted by Crippen LogP contribution is 2.15. The van der Waals surface area contributed by atoms with Gasteiger partial charge in [0.15, 0.2) is 0 Å². The lowest BCUT2D eigenvalue weighted by atomic mass is 10.1. The van der Waals surface area contributed by atoms with Gasteiger partial charge in [-0.25, -0.2) is 5.43 Å². The number of aromatic hydroxyl groups is 1. The van der Waals surface area contributed by atoms with Gasteiger partial charge in [0.25, 0.3) is 5.91 Å². The maximum absolute atomic E-state index is 12.2. The Morgan fingerprint density at radius 1 is 0.913 bits per heavy atom. The van der Waals surface area contributed by atoms with Crippen LogP contribution in [0.15, 0.2) is 71.8 Å². The van der Waals surface area contributed by atoms with Gasteiger partial charge in [-0.15, -0.1) is 0 Å². The monoisotopic (exact) mass is 304 g/mol. The molecule has 1 amide bonds. The fraction of sp³-hybridized carbons (Fsp3) is 0.0526. The zero-order valence-electron chi connectivity index (χ0n) is 12.7. The van der Waals surface area contributed by atoms with Crippen molar-refractivity contribution < 1.29 is 9.90 Å². The van der Waals surface area contributed by atoms with E-state index in [2.05, 4.69) is 10.5 Å². The minimum absolute atomic E-state index is 0.196. The summed E-state index contributed by atoms with van der Waals surface area (Å²) in [6.45, 7) is 1.80. The Morgan fingerprint density at radius 3 is 2.30 bits per heavy atom. The maximum Gasteiger partial charge on any atom is 0.271 e. The van der Waals surface area contributed by atoms with Crippen molar-refractivity contribution in [2.45, 2.75) is 6.92 Å². The van der Waals surface area contributed by atoms with Crippen molar-refractivity contribution in [3.8, 4) is 5.75 Å². The molecular formula is C19H16N2O2. The number of nitrogens with one attached hydrogen (secondary N) is 1. The number of carbonyl (C=O) groups excluding carboxylic acids is 1. The van der Waals surface area contributed by atoms with Crippen molar-refractivity contribution in [3.05, 3.63) is 77.9 Å². The molecule has 0 spiro atoms. The number of fused-ring (bicyclic) bond motifs is 1. The first-order chi connectivity index (χ1) is 11.1. The van der Waals surface area contributed by atoms with Crippen LogP contribution in [0, 0.1) is 0 Å². The fourth-order valence-corrected chi connectivity index (χ4v) is 2.30. The highest BCUT2D eigenvalue weighted by atomic mass is 16.3. The third-order valence-electron chi connectivity index (χ3n) is 3.62. The largest absolute Gasteiger partial charge is 0.508 e. The lowest BCUT2D eigenvalue weighted by Gasteiger charge is -2.05. The third kappa shape index (κ3) is 3.37. The molecule has 4 heteroatoms. The van der Waals surface area contributed by atoms with E-state index >= 15 is 0 Å². The van der Waals surface area contributed by atoms with Gasteiger partial charge in [-0.2, -0.15) is 5.10 Å². The Hall–Kier alpha value is -3.14. The molecule has 0 radical (unpaired) electrons. The lowest BCUT2D eigenvalue weighted by Crippen LogP contribution is -2.19. The van der Waals surface area contributed by atoms with E-state index in [1.54, 1.807) is 37.3 Å². The number of amides is 1. The number of hydrogen-bond acceptors (Lipinski definition) is 3. The van der Waals surface area contributed by atoms with Gasteiger partial charge in [0, 0.05) is 5.56 Å². The van der Waals surface area contributed by atoms with E-state index in [1.165, 1.54) is 0 Å². The van der Waals surface area contributed by atoms with Gasteiger partial charge in [-0.05, 0) is 59.7 Å². The molecule has 4 nitrogen and oxygen atoms in total. The summed E-state index contributed by atoms with van der Waals surface area (Å²) in [7, 11) is 0. The molecule has 0 aliphatic rings. The van der Waals surface area contributed by atoms with Crippen LogP contribution in [0.25, 0.3) is 10.8 Å². The summed E-state index contributed by atoms with van der Waals surface area (Å²) < 4.78 is 0. The standard InChI is InChI=1S/C19H16N2O2/c1-13(14-8-10-18(22)11-9-14)20-21-19(23)17-7-6-15-4-2-3-5-16(15)12-17/h2-12,22H,1H3,(H,21,23)/b20-13-. The average Bonchev–Trinajstić information content (AvgIpc) is 2.59. The molecule has 0 atom stereocenters. The lowest BCUT2D eigenvalue weighted by molar-refractivity contribution is 0.0955. The molecule has 0 aliphatic carbocycles. The Balaban J connectivity index is 1.77. The molecule has 0 saturated heterocycles. The maximum atomic E-state index is 12.2. The molecule has 0 bridgehead atoms. The Morgan fingerprint density at radius 2 is 1.57 bits per heavy atom. The number of benzene rings is 3. The summed E-state index contributed by atoms with van der Waals surface area (Å²) in [5.74, 6) is -0.0596. The summed E-state index contributed by atoms with van der Waals surface area (Å²) in [5, 5.41) is 15.5. The van der Waals surface area contributed by atoms with Crippen molar-refractivity contribution in [2.24, 2.45) is 5.10 Å². The van der Waals surface area contributed by atoms with Crippen molar-refractivity contribution >= 4 is 22.4 Å². The second-order valence-electron chi connectivity index (χ2n) is 5.25. The third-order valence-corrected chi connectivity index (χ3v) is 3.62. The average molecular weight is 304 g/mol. The first kappa shape index (κ1) is 14.8. The number of hydrogen-bond donors (Lipinski definition) is 2. The Kier molecular flexibility index (Phi) is 4.06. The van der Waals surface area contributed by atoms with E-state index in [9.17, 15) is 9.90 Å². The molecule has 0 heterocycles. The Labute approximate surface area is 134 Å². The van der Waals surface area contributed by atoms with Crippen molar-refractivity contribution in [1.82, 2.24) is 5.43 Å². The van der Waals surface area contributed by atoms with Gasteiger partial charge >= 0.3 is 0 Å². The van der Waals surface area contributed by atoms with Crippen LogP contribution in [-0.2, 0) is 0 Å². The first-order valence-corrected chi connectivity index (χ1v) is 7.26. The van der Waals surface area contributed by atoms with Crippen LogP contribution in [0.3, 0.4) is 0 Å². The van der Waals surface area contributed by atoms with Crippen LogP contribution in [0.5, 0.6) is 5.75 Å². The molecule has 23 heavy (non-hydrogen) atoms. The second-order valence-corrected chi connectivity index (χ2v) is 5.25. The fourth-order valence-electron chi connectivity index (χ4n) is 2.30. The van der Waals surface area contributed by atoms with Crippen molar-refractivity contribution in [2.75, 3.05) is 0 Å². The number of rotatable bonds is 3. The van der Waals surface area contributed by atoms with Crippen LogP contribution >= 0.6 is 0 Å². The SMILES string of the molecule is C/C(=N/NC(=O)c1ccc2ccccc2c1)c1ccc(O)cc1. The van der Waals surface area contributed by atoms with Crippen LogP contribution in [-0.4, -0.2) is 16.7 Å². The summed E-state index contributed by atoms with van der Waals surface area (Å²) in [4.78, 5) is 12.2. The number of phenolic OH excluding ortho intramolecular Hbond substituents is 1. The number of carbonyl (C=O) groups is 1. The minimum Gasteiger partial charge on any atom is -0.508 e. The normalized spacial score (nSPS) is 11.4. The highest BCUT2D eigenvalue weighted by Gasteiger charge is 2.06. The molecule has 0 aliphatic heterocycles. The number of phenols is 1. The first-order valence-electron chi connectivity index (χ1n) is 7.26. The van der Waals surface area contributed by atoms with Crippen LogP contribution in [0.2, 0.25) is 0 Å². The predicted molar refractivity (Wildman–Crippen MR) is 91.7 cm³/mol. The zero-order valence-corrected chi connectivity index (χ0v) is 12.7. The van der Waals surface area contributed by atoms with Gasteiger partial charge in [-0.1, -0.05) is 30.3 Å². The second kappa shape index (κ2) is 6.32. The molecule has 0 saturated carbocycles. The minimum atomic E-state index is -0.256. The smallest absolute Gasteiger partial charge is 0.271 e. The predicted octanol–water partition coefficient (Wildman–Crippen LogP) is 3.70. The van der Waals surface area contributed by atoms with Crippen LogP contribution in [0.1, 0.15) is 22.8 Å². The molecule has 2 N–H and O–H groups in total. The molecule has 3 rings (SSSR count). The molecular weight excluding hydrogens is 288 g/mol. The van der Waals surface area contributed by atoms with Crippen molar-refractivity contribution in [3.63, 3.8) is 0 Å².